The molecule has 2 rings (SSSR count). The van der Waals surface area contributed by atoms with Gasteiger partial charge in [0.25, 0.3) is 0 Å². The monoisotopic (exact) mass is 268 g/mol. The minimum atomic E-state index is -3.24. The van der Waals surface area contributed by atoms with E-state index in [1.54, 1.807) is 7.05 Å². The maximum Gasteiger partial charge on any atom is 0.233 e. The van der Waals surface area contributed by atoms with Crippen molar-refractivity contribution in [2.45, 2.75) is 25.7 Å². The van der Waals surface area contributed by atoms with Crippen LogP contribution in [0, 0.1) is 0 Å². The lowest BCUT2D eigenvalue weighted by Gasteiger charge is -2.20. The van der Waals surface area contributed by atoms with Crippen molar-refractivity contribution in [3.05, 3.63) is 29.3 Å². The summed E-state index contributed by atoms with van der Waals surface area (Å²) in [6.45, 7) is 0.463. The average molecular weight is 268 g/mol. The third-order valence-corrected chi connectivity index (χ3v) is 4.55. The number of benzene rings is 1. The topological polar surface area (TPSA) is 58.2 Å². The van der Waals surface area contributed by atoms with E-state index in [-0.39, 0.29) is 5.75 Å². The van der Waals surface area contributed by atoms with Crippen LogP contribution in [0.5, 0.6) is 0 Å². The van der Waals surface area contributed by atoms with Crippen LogP contribution in [0.3, 0.4) is 0 Å². The van der Waals surface area contributed by atoms with E-state index in [1.165, 1.54) is 17.5 Å². The number of rotatable bonds is 5. The number of hydrogen-bond acceptors (Lipinski definition) is 3. The van der Waals surface area contributed by atoms with Gasteiger partial charge in [0.05, 0.1) is 11.4 Å². The fraction of sp³-hybridized carbons (Fsp3) is 0.538. The molecule has 0 unspecified atom stereocenters. The Morgan fingerprint density at radius 3 is 2.78 bits per heavy atom. The molecule has 18 heavy (non-hydrogen) atoms. The van der Waals surface area contributed by atoms with Crippen molar-refractivity contribution in [2.75, 3.05) is 24.1 Å². The van der Waals surface area contributed by atoms with Crippen LogP contribution in [0.2, 0.25) is 0 Å². The van der Waals surface area contributed by atoms with Gasteiger partial charge in [-0.15, -0.1) is 0 Å². The highest BCUT2D eigenvalue weighted by Crippen LogP contribution is 2.28. The van der Waals surface area contributed by atoms with Crippen LogP contribution in [0.4, 0.5) is 5.69 Å². The predicted molar refractivity (Wildman–Crippen MR) is 74.4 cm³/mol. The normalized spacial score (nSPS) is 15.2. The quantitative estimate of drug-likeness (QED) is 0.851. The number of anilines is 1. The molecular formula is C13H20N2O2S. The van der Waals surface area contributed by atoms with Crippen molar-refractivity contribution < 1.29 is 8.42 Å². The molecule has 0 amide bonds. The Morgan fingerprint density at radius 2 is 2.00 bits per heavy atom. The summed E-state index contributed by atoms with van der Waals surface area (Å²) < 4.78 is 26.5. The lowest BCUT2D eigenvalue weighted by atomic mass is 9.91. The summed E-state index contributed by atoms with van der Waals surface area (Å²) in [5.41, 5.74) is 3.23. The van der Waals surface area contributed by atoms with Gasteiger partial charge in [-0.1, -0.05) is 12.1 Å². The number of nitrogens with one attached hydrogen (secondary N) is 2. The number of fused-ring (bicyclic) bond motifs is 1. The zero-order chi connectivity index (χ0) is 13.0. The molecule has 0 radical (unpaired) electrons. The third-order valence-electron chi connectivity index (χ3n) is 3.28. The molecule has 1 aromatic carbocycles. The molecule has 0 aliphatic heterocycles. The molecule has 1 aliphatic rings. The Labute approximate surface area is 109 Å². The van der Waals surface area contributed by atoms with Crippen LogP contribution >= 0.6 is 0 Å². The van der Waals surface area contributed by atoms with E-state index < -0.39 is 10.0 Å². The number of sulfonamides is 1. The zero-order valence-electron chi connectivity index (χ0n) is 10.7. The van der Waals surface area contributed by atoms with Crippen LogP contribution in [0.25, 0.3) is 0 Å². The highest BCUT2D eigenvalue weighted by Gasteiger charge is 2.16. The summed E-state index contributed by atoms with van der Waals surface area (Å²) >= 11 is 0. The van der Waals surface area contributed by atoms with Crippen molar-refractivity contribution in [1.29, 1.82) is 0 Å². The van der Waals surface area contributed by atoms with Crippen molar-refractivity contribution in [3.8, 4) is 0 Å². The first kappa shape index (κ1) is 13.4. The van der Waals surface area contributed by atoms with Crippen LogP contribution in [-0.2, 0) is 22.9 Å². The lowest BCUT2D eigenvalue weighted by Crippen LogP contribution is -2.25. The van der Waals surface area contributed by atoms with Gasteiger partial charge in [-0.25, -0.2) is 8.42 Å². The first-order valence-corrected chi connectivity index (χ1v) is 8.03. The van der Waals surface area contributed by atoms with Gasteiger partial charge in [-0.3, -0.25) is 4.72 Å². The molecule has 0 fully saturated rings. The SMILES string of the molecule is CNCCS(=O)(=O)Nc1cccc2c1CCCC2. The Hall–Kier alpha value is -1.07. The molecule has 4 nitrogen and oxygen atoms in total. The van der Waals surface area contributed by atoms with Crippen LogP contribution in [0.15, 0.2) is 18.2 Å². The van der Waals surface area contributed by atoms with Gasteiger partial charge >= 0.3 is 0 Å². The summed E-state index contributed by atoms with van der Waals surface area (Å²) in [5.74, 6) is 0.104. The largest absolute Gasteiger partial charge is 0.319 e. The van der Waals surface area contributed by atoms with Crippen LogP contribution < -0.4 is 10.0 Å². The first-order chi connectivity index (χ1) is 8.62. The van der Waals surface area contributed by atoms with Gasteiger partial charge in [0.15, 0.2) is 0 Å². The molecule has 0 aromatic heterocycles. The molecule has 0 spiro atoms. The second-order valence-electron chi connectivity index (χ2n) is 4.67. The van der Waals surface area contributed by atoms with Gasteiger partial charge in [-0.2, -0.15) is 0 Å². The molecule has 0 atom stereocenters. The minimum absolute atomic E-state index is 0.104. The van der Waals surface area contributed by atoms with Crippen molar-refractivity contribution >= 4 is 15.7 Å². The molecule has 2 N–H and O–H groups in total. The summed E-state index contributed by atoms with van der Waals surface area (Å²) in [4.78, 5) is 0. The third kappa shape index (κ3) is 3.23. The molecule has 100 valence electrons. The first-order valence-electron chi connectivity index (χ1n) is 6.38. The van der Waals surface area contributed by atoms with Gasteiger partial charge in [-0.05, 0) is 49.9 Å². The predicted octanol–water partition coefficient (Wildman–Crippen LogP) is 1.53. The highest BCUT2D eigenvalue weighted by atomic mass is 32.2. The molecule has 0 saturated heterocycles. The summed E-state index contributed by atoms with van der Waals surface area (Å²) in [7, 11) is -1.49. The van der Waals surface area contributed by atoms with Gasteiger partial charge in [0, 0.05) is 6.54 Å². The molecule has 5 heteroatoms. The fourth-order valence-corrected chi connectivity index (χ4v) is 3.43. The molecular weight excluding hydrogens is 248 g/mol. The van der Waals surface area contributed by atoms with E-state index in [9.17, 15) is 8.42 Å². The Morgan fingerprint density at radius 1 is 1.22 bits per heavy atom. The summed E-state index contributed by atoms with van der Waals surface area (Å²) in [5, 5.41) is 2.85. The molecule has 1 aromatic rings. The highest BCUT2D eigenvalue weighted by molar-refractivity contribution is 7.92. The molecule has 1 aliphatic carbocycles. The summed E-state index contributed by atoms with van der Waals surface area (Å²) in [6.07, 6.45) is 4.37. The second kappa shape index (κ2) is 5.71. The van der Waals surface area contributed by atoms with E-state index in [0.717, 1.165) is 24.9 Å². The Bertz CT molecular complexity index is 512. The minimum Gasteiger partial charge on any atom is -0.319 e. The maximum absolute atomic E-state index is 11.9. The number of hydrogen-bond donors (Lipinski definition) is 2. The van der Waals surface area contributed by atoms with E-state index in [1.807, 2.05) is 12.1 Å². The average Bonchev–Trinajstić information content (AvgIpc) is 2.37. The standard InChI is InChI=1S/C13H20N2O2S/c1-14-9-10-18(16,17)15-13-8-4-6-11-5-2-3-7-12(11)13/h4,6,8,14-15H,2-3,5,7,9-10H2,1H3. The van der Waals surface area contributed by atoms with E-state index in [2.05, 4.69) is 16.1 Å². The van der Waals surface area contributed by atoms with Crippen molar-refractivity contribution in [3.63, 3.8) is 0 Å². The molecule has 0 heterocycles. The van der Waals surface area contributed by atoms with E-state index in [4.69, 9.17) is 0 Å². The Kier molecular flexibility index (Phi) is 4.24. The van der Waals surface area contributed by atoms with E-state index in [0.29, 0.717) is 6.54 Å². The van der Waals surface area contributed by atoms with Crippen LogP contribution in [-0.4, -0.2) is 27.8 Å². The molecule has 0 bridgehead atoms. The number of aryl methyl sites for hydroxylation is 1. The van der Waals surface area contributed by atoms with E-state index >= 15 is 0 Å². The maximum atomic E-state index is 11.9. The smallest absolute Gasteiger partial charge is 0.233 e. The molecule has 0 saturated carbocycles. The Balaban J connectivity index is 2.19. The second-order valence-corrected chi connectivity index (χ2v) is 6.52. The van der Waals surface area contributed by atoms with Gasteiger partial charge in [0.2, 0.25) is 10.0 Å². The zero-order valence-corrected chi connectivity index (χ0v) is 11.5. The summed E-state index contributed by atoms with van der Waals surface area (Å²) in [6, 6.07) is 5.89. The lowest BCUT2D eigenvalue weighted by molar-refractivity contribution is 0.598. The van der Waals surface area contributed by atoms with Gasteiger partial charge < -0.3 is 5.32 Å². The van der Waals surface area contributed by atoms with Crippen LogP contribution in [0.1, 0.15) is 24.0 Å². The van der Waals surface area contributed by atoms with Gasteiger partial charge in [0.1, 0.15) is 0 Å². The fourth-order valence-electron chi connectivity index (χ4n) is 2.33. The van der Waals surface area contributed by atoms with Crippen molar-refractivity contribution in [2.24, 2.45) is 0 Å². The van der Waals surface area contributed by atoms with Crippen molar-refractivity contribution in [1.82, 2.24) is 5.32 Å².